The van der Waals surface area contributed by atoms with Gasteiger partial charge in [0.25, 0.3) is 0 Å². The molecule has 0 radical (unpaired) electrons. The molecule has 6 heteroatoms. The number of aryl methyl sites for hydroxylation is 1. The molecule has 0 aliphatic heterocycles. The smallest absolute Gasteiger partial charge is 0.343 e. The fourth-order valence-corrected chi connectivity index (χ4v) is 2.24. The second-order valence-corrected chi connectivity index (χ2v) is 5.18. The van der Waals surface area contributed by atoms with E-state index in [0.29, 0.717) is 16.8 Å². The Morgan fingerprint density at radius 1 is 1.12 bits per heavy atom. The van der Waals surface area contributed by atoms with Gasteiger partial charge in [-0.15, -0.1) is 0 Å². The number of pyridine rings is 2. The molecule has 0 aliphatic carbocycles. The van der Waals surface area contributed by atoms with E-state index in [9.17, 15) is 9.59 Å². The standard InChI is InChI=1S/C18H16N2O4/c1-12-7-8-14-16(21)15(11-19-17(14)20-12)18(22)24-10-9-23-13-5-3-2-4-6-13/h2-8,11H,9-10H2,1H3,(H,19,20,21). The number of hydrogen-bond donors (Lipinski definition) is 1. The molecule has 122 valence electrons. The van der Waals surface area contributed by atoms with Crippen LogP contribution >= 0.6 is 0 Å². The number of nitrogens with one attached hydrogen (secondary N) is 1. The van der Waals surface area contributed by atoms with Crippen LogP contribution in [0.3, 0.4) is 0 Å². The molecule has 0 bridgehead atoms. The lowest BCUT2D eigenvalue weighted by atomic mass is 10.2. The van der Waals surface area contributed by atoms with Crippen molar-refractivity contribution in [3.63, 3.8) is 0 Å². The van der Waals surface area contributed by atoms with Gasteiger partial charge in [-0.2, -0.15) is 0 Å². The van der Waals surface area contributed by atoms with Crippen molar-refractivity contribution >= 4 is 17.0 Å². The Bertz CT molecular complexity index is 919. The zero-order valence-corrected chi connectivity index (χ0v) is 13.1. The summed E-state index contributed by atoms with van der Waals surface area (Å²) in [5.74, 6) is 0.00827. The normalized spacial score (nSPS) is 10.5. The fraction of sp³-hybridized carbons (Fsp3) is 0.167. The van der Waals surface area contributed by atoms with Gasteiger partial charge in [-0.3, -0.25) is 4.79 Å². The van der Waals surface area contributed by atoms with Gasteiger partial charge >= 0.3 is 5.97 Å². The van der Waals surface area contributed by atoms with Crippen LogP contribution in [-0.2, 0) is 4.74 Å². The van der Waals surface area contributed by atoms with Crippen LogP contribution in [0.5, 0.6) is 5.75 Å². The second kappa shape index (κ2) is 6.95. The third-order valence-corrected chi connectivity index (χ3v) is 3.43. The maximum absolute atomic E-state index is 12.3. The fourth-order valence-electron chi connectivity index (χ4n) is 2.24. The lowest BCUT2D eigenvalue weighted by Crippen LogP contribution is -2.20. The van der Waals surface area contributed by atoms with Crippen molar-refractivity contribution in [2.45, 2.75) is 6.92 Å². The number of benzene rings is 1. The van der Waals surface area contributed by atoms with Crippen molar-refractivity contribution in [1.29, 1.82) is 0 Å². The summed E-state index contributed by atoms with van der Waals surface area (Å²) in [6, 6.07) is 12.6. The number of fused-ring (bicyclic) bond motifs is 1. The van der Waals surface area contributed by atoms with Gasteiger partial charge in [0.1, 0.15) is 30.2 Å². The van der Waals surface area contributed by atoms with Crippen molar-refractivity contribution in [1.82, 2.24) is 9.97 Å². The quantitative estimate of drug-likeness (QED) is 0.576. The Hall–Kier alpha value is -3.15. The van der Waals surface area contributed by atoms with E-state index in [1.807, 2.05) is 37.3 Å². The summed E-state index contributed by atoms with van der Waals surface area (Å²) >= 11 is 0. The summed E-state index contributed by atoms with van der Waals surface area (Å²) in [5, 5.41) is 0.357. The highest BCUT2D eigenvalue weighted by Crippen LogP contribution is 2.09. The molecule has 2 aromatic heterocycles. The first kappa shape index (κ1) is 15.7. The minimum atomic E-state index is -0.685. The van der Waals surface area contributed by atoms with Crippen LogP contribution in [0.25, 0.3) is 11.0 Å². The third kappa shape index (κ3) is 3.43. The highest BCUT2D eigenvalue weighted by Gasteiger charge is 2.14. The highest BCUT2D eigenvalue weighted by atomic mass is 16.6. The average Bonchev–Trinajstić information content (AvgIpc) is 2.59. The van der Waals surface area contributed by atoms with Crippen LogP contribution in [-0.4, -0.2) is 29.2 Å². The summed E-state index contributed by atoms with van der Waals surface area (Å²) in [5.41, 5.74) is 0.786. The van der Waals surface area contributed by atoms with Gasteiger partial charge in [0.05, 0.1) is 5.39 Å². The predicted octanol–water partition coefficient (Wildman–Crippen LogP) is 2.47. The van der Waals surface area contributed by atoms with Gasteiger partial charge in [0.15, 0.2) is 0 Å². The van der Waals surface area contributed by atoms with E-state index in [2.05, 4.69) is 9.97 Å². The average molecular weight is 324 g/mol. The highest BCUT2D eigenvalue weighted by molar-refractivity contribution is 5.92. The number of nitrogens with zero attached hydrogens (tertiary/aromatic N) is 1. The number of aromatic amines is 1. The monoisotopic (exact) mass is 324 g/mol. The van der Waals surface area contributed by atoms with E-state index in [0.717, 1.165) is 5.69 Å². The van der Waals surface area contributed by atoms with Crippen LogP contribution in [0.2, 0.25) is 0 Å². The van der Waals surface area contributed by atoms with Crippen molar-refractivity contribution in [3.8, 4) is 5.75 Å². The zero-order chi connectivity index (χ0) is 16.9. The molecular weight excluding hydrogens is 308 g/mol. The molecule has 2 heterocycles. The molecule has 6 nitrogen and oxygen atoms in total. The van der Waals surface area contributed by atoms with E-state index in [1.165, 1.54) is 6.20 Å². The topological polar surface area (TPSA) is 81.3 Å². The zero-order valence-electron chi connectivity index (χ0n) is 13.1. The number of para-hydroxylation sites is 1. The van der Waals surface area contributed by atoms with E-state index >= 15 is 0 Å². The maximum Gasteiger partial charge on any atom is 0.343 e. The van der Waals surface area contributed by atoms with Gasteiger partial charge in [-0.1, -0.05) is 18.2 Å². The van der Waals surface area contributed by atoms with Gasteiger partial charge in [-0.05, 0) is 31.2 Å². The molecular formula is C18H16N2O4. The molecule has 3 rings (SSSR count). The van der Waals surface area contributed by atoms with Crippen LogP contribution in [0.15, 0.2) is 53.5 Å². The number of ether oxygens (including phenoxy) is 2. The Morgan fingerprint density at radius 3 is 2.71 bits per heavy atom. The molecule has 1 aromatic carbocycles. The molecule has 0 saturated heterocycles. The Labute approximate surface area is 138 Å². The molecule has 0 fully saturated rings. The largest absolute Gasteiger partial charge is 0.490 e. The lowest BCUT2D eigenvalue weighted by molar-refractivity contribution is 0.0449. The molecule has 0 atom stereocenters. The van der Waals surface area contributed by atoms with Gasteiger partial charge in [0.2, 0.25) is 5.43 Å². The molecule has 3 aromatic rings. The number of H-pyrrole nitrogens is 1. The first-order valence-electron chi connectivity index (χ1n) is 7.49. The first-order chi connectivity index (χ1) is 11.6. The summed E-state index contributed by atoms with van der Waals surface area (Å²) < 4.78 is 10.5. The van der Waals surface area contributed by atoms with Crippen molar-refractivity contribution in [3.05, 3.63) is 70.1 Å². The SMILES string of the molecule is Cc1ccc2c(=O)c(C(=O)OCCOc3ccccc3)c[nH]c2n1. The lowest BCUT2D eigenvalue weighted by Gasteiger charge is -2.07. The van der Waals surface area contributed by atoms with E-state index in [-0.39, 0.29) is 18.8 Å². The van der Waals surface area contributed by atoms with E-state index in [1.54, 1.807) is 12.1 Å². The minimum Gasteiger partial charge on any atom is -0.490 e. The number of aromatic nitrogens is 2. The summed E-state index contributed by atoms with van der Waals surface area (Å²) in [6.45, 7) is 2.09. The molecule has 0 spiro atoms. The molecule has 0 unspecified atom stereocenters. The molecule has 0 amide bonds. The molecule has 0 saturated carbocycles. The van der Waals surface area contributed by atoms with Crippen molar-refractivity contribution < 1.29 is 14.3 Å². The number of esters is 1. The Balaban J connectivity index is 1.65. The summed E-state index contributed by atoms with van der Waals surface area (Å²) in [6.07, 6.45) is 1.33. The van der Waals surface area contributed by atoms with E-state index < -0.39 is 11.4 Å². The van der Waals surface area contributed by atoms with Crippen LogP contribution in [0.4, 0.5) is 0 Å². The predicted molar refractivity (Wildman–Crippen MR) is 89.3 cm³/mol. The van der Waals surface area contributed by atoms with Crippen LogP contribution in [0.1, 0.15) is 16.1 Å². The Morgan fingerprint density at radius 2 is 1.92 bits per heavy atom. The minimum absolute atomic E-state index is 0.0483. The summed E-state index contributed by atoms with van der Waals surface area (Å²) in [4.78, 5) is 31.5. The molecule has 0 aliphatic rings. The maximum atomic E-state index is 12.3. The van der Waals surface area contributed by atoms with Crippen molar-refractivity contribution in [2.24, 2.45) is 0 Å². The van der Waals surface area contributed by atoms with Crippen molar-refractivity contribution in [2.75, 3.05) is 13.2 Å². The third-order valence-electron chi connectivity index (χ3n) is 3.43. The van der Waals surface area contributed by atoms with Gasteiger partial charge < -0.3 is 14.5 Å². The summed E-state index contributed by atoms with van der Waals surface area (Å²) in [7, 11) is 0. The first-order valence-corrected chi connectivity index (χ1v) is 7.49. The number of hydrogen-bond acceptors (Lipinski definition) is 5. The van der Waals surface area contributed by atoms with Gasteiger partial charge in [-0.25, -0.2) is 9.78 Å². The van der Waals surface area contributed by atoms with Crippen LogP contribution in [0, 0.1) is 6.92 Å². The van der Waals surface area contributed by atoms with Gasteiger partial charge in [0, 0.05) is 11.9 Å². The van der Waals surface area contributed by atoms with Crippen LogP contribution < -0.4 is 10.2 Å². The Kier molecular flexibility index (Phi) is 4.56. The number of rotatable bonds is 5. The number of carbonyl (C=O) groups excluding carboxylic acids is 1. The molecule has 24 heavy (non-hydrogen) atoms. The van der Waals surface area contributed by atoms with E-state index in [4.69, 9.17) is 9.47 Å². The number of carbonyl (C=O) groups is 1. The second-order valence-electron chi connectivity index (χ2n) is 5.18. The molecule has 1 N–H and O–H groups in total.